The van der Waals surface area contributed by atoms with Crippen LogP contribution in [0.4, 0.5) is 28.2 Å². The van der Waals surface area contributed by atoms with Gasteiger partial charge < -0.3 is 15.0 Å². The molecule has 0 bridgehead atoms. The maximum atomic E-state index is 14.7. The van der Waals surface area contributed by atoms with Gasteiger partial charge in [-0.1, -0.05) is 22.0 Å². The number of alkyl carbamates (subject to hydrolysis) is 1. The maximum absolute atomic E-state index is 14.7. The second-order valence-corrected chi connectivity index (χ2v) is 9.99. The van der Waals surface area contributed by atoms with Gasteiger partial charge in [-0.15, -0.1) is 0 Å². The van der Waals surface area contributed by atoms with Crippen molar-refractivity contribution in [2.75, 3.05) is 24.5 Å². The third kappa shape index (κ3) is 7.22. The second-order valence-electron chi connectivity index (χ2n) is 9.07. The normalized spacial score (nSPS) is 12.0. The molecule has 14 heteroatoms. The zero-order valence-electron chi connectivity index (χ0n) is 22.0. The van der Waals surface area contributed by atoms with E-state index in [-0.39, 0.29) is 25.1 Å². The number of nitriles is 1. The van der Waals surface area contributed by atoms with Crippen molar-refractivity contribution >= 4 is 38.6 Å². The summed E-state index contributed by atoms with van der Waals surface area (Å²) in [5.41, 5.74) is -0.348. The zero-order valence-corrected chi connectivity index (χ0v) is 23.6. The van der Waals surface area contributed by atoms with E-state index in [1.165, 1.54) is 12.3 Å². The Kier molecular flexibility index (Phi) is 9.41. The highest BCUT2D eigenvalue weighted by atomic mass is 79.9. The summed E-state index contributed by atoms with van der Waals surface area (Å²) in [5.74, 6) is -0.698. The van der Waals surface area contributed by atoms with Gasteiger partial charge in [-0.3, -0.25) is 4.79 Å². The van der Waals surface area contributed by atoms with Crippen LogP contribution in [0, 0.1) is 17.1 Å². The Bertz CT molecular complexity index is 1690. The fraction of sp³-hybridized carbons (Fsp3) is 0.250. The average Bonchev–Trinajstić information content (AvgIpc) is 2.96. The molecule has 1 unspecified atom stereocenters. The van der Waals surface area contributed by atoms with E-state index in [1.807, 2.05) is 13.0 Å². The third-order valence-corrected chi connectivity index (χ3v) is 6.79. The molecule has 0 saturated carbocycles. The van der Waals surface area contributed by atoms with Crippen LogP contribution in [-0.2, 0) is 11.2 Å². The van der Waals surface area contributed by atoms with E-state index in [2.05, 4.69) is 41.2 Å². The number of hydrogen-bond donors (Lipinski definition) is 2. The molecule has 1 amide bonds. The van der Waals surface area contributed by atoms with Crippen LogP contribution in [0.5, 0.6) is 0 Å². The summed E-state index contributed by atoms with van der Waals surface area (Å²) in [6.45, 7) is 2.37. The third-order valence-electron chi connectivity index (χ3n) is 6.30. The van der Waals surface area contributed by atoms with Crippen LogP contribution >= 0.6 is 15.9 Å². The quantitative estimate of drug-likeness (QED) is 0.229. The lowest BCUT2D eigenvalue weighted by atomic mass is 10.00. The van der Waals surface area contributed by atoms with Gasteiger partial charge in [0.2, 0.25) is 6.10 Å². The lowest BCUT2D eigenvalue weighted by molar-refractivity contribution is -0.207. The molecule has 1 atom stereocenters. The molecular weight excluding hydrogens is 624 g/mol. The van der Waals surface area contributed by atoms with Gasteiger partial charge in [-0.2, -0.15) is 23.5 Å². The molecule has 4 rings (SSSR count). The first-order chi connectivity index (χ1) is 20.0. The molecule has 9 nitrogen and oxygen atoms in total. The largest absolute Gasteiger partial charge is 0.431 e. The summed E-state index contributed by atoms with van der Waals surface area (Å²) in [7, 11) is 0. The predicted molar refractivity (Wildman–Crippen MR) is 149 cm³/mol. The number of carbonyl (C=O) groups is 1. The van der Waals surface area contributed by atoms with Gasteiger partial charge >= 0.3 is 12.3 Å². The van der Waals surface area contributed by atoms with E-state index in [1.54, 1.807) is 35.2 Å². The standard InChI is InChI=1S/C28H23BrF4N6O3/c1-2-39(24-8-4-17(14-34)15-36-24)10-9-35-27(41)42-25(28(31,32)33)21-11-16(3-7-22(21)30)12-23-20-13-18(29)5-6-19(20)26(40)38-37-23/h3-8,11,13,15,25H,2,9-10,12H2,1H3,(H,35,41)(H,38,40). The lowest BCUT2D eigenvalue weighted by Crippen LogP contribution is -2.37. The van der Waals surface area contributed by atoms with Crippen LogP contribution in [-0.4, -0.2) is 47.1 Å². The van der Waals surface area contributed by atoms with E-state index >= 15 is 0 Å². The Morgan fingerprint density at radius 2 is 1.98 bits per heavy atom. The Hall–Kier alpha value is -4.51. The number of halogens is 5. The molecule has 0 aliphatic carbocycles. The molecule has 2 aromatic carbocycles. The first-order valence-electron chi connectivity index (χ1n) is 12.6. The fourth-order valence-electron chi connectivity index (χ4n) is 4.25. The lowest BCUT2D eigenvalue weighted by Gasteiger charge is -2.24. The molecule has 42 heavy (non-hydrogen) atoms. The van der Waals surface area contributed by atoms with E-state index in [4.69, 9.17) is 5.26 Å². The highest BCUT2D eigenvalue weighted by Crippen LogP contribution is 2.38. The summed E-state index contributed by atoms with van der Waals surface area (Å²) in [6.07, 6.45) is -8.04. The topological polar surface area (TPSA) is 124 Å². The molecule has 0 spiro atoms. The Morgan fingerprint density at radius 1 is 1.19 bits per heavy atom. The number of aromatic nitrogens is 3. The van der Waals surface area contributed by atoms with Crippen molar-refractivity contribution in [2.24, 2.45) is 0 Å². The van der Waals surface area contributed by atoms with Crippen LogP contribution in [0.1, 0.15) is 35.4 Å². The smallest absolute Gasteiger partial charge is 0.430 e. The highest BCUT2D eigenvalue weighted by Gasteiger charge is 2.45. The van der Waals surface area contributed by atoms with Crippen molar-refractivity contribution in [3.8, 4) is 6.07 Å². The molecule has 0 aliphatic heterocycles. The molecule has 2 aromatic heterocycles. The minimum atomic E-state index is -5.12. The van der Waals surface area contributed by atoms with E-state index < -0.39 is 35.3 Å². The van der Waals surface area contributed by atoms with Crippen LogP contribution in [0.25, 0.3) is 10.8 Å². The summed E-state index contributed by atoms with van der Waals surface area (Å²) in [4.78, 5) is 30.4. The number of anilines is 1. The van der Waals surface area contributed by atoms with E-state index in [0.29, 0.717) is 38.9 Å². The number of benzene rings is 2. The number of nitrogens with zero attached hydrogens (tertiary/aromatic N) is 4. The Morgan fingerprint density at radius 3 is 2.64 bits per heavy atom. The van der Waals surface area contributed by atoms with Crippen LogP contribution in [0.15, 0.2) is 64.0 Å². The molecule has 4 aromatic rings. The number of H-pyrrole nitrogens is 1. The number of ether oxygens (including phenoxy) is 1. The number of nitrogens with one attached hydrogen (secondary N) is 2. The fourth-order valence-corrected chi connectivity index (χ4v) is 4.61. The number of alkyl halides is 3. The van der Waals surface area contributed by atoms with Gasteiger partial charge in [-0.25, -0.2) is 19.3 Å². The van der Waals surface area contributed by atoms with Gasteiger partial charge in [0.1, 0.15) is 17.7 Å². The first-order valence-corrected chi connectivity index (χ1v) is 13.4. The van der Waals surface area contributed by atoms with Crippen molar-refractivity contribution in [1.29, 1.82) is 5.26 Å². The van der Waals surface area contributed by atoms with Crippen molar-refractivity contribution in [3.63, 3.8) is 0 Å². The summed E-state index contributed by atoms with van der Waals surface area (Å²) < 4.78 is 62.1. The number of amides is 1. The molecule has 0 fully saturated rings. The van der Waals surface area contributed by atoms with Crippen molar-refractivity contribution in [1.82, 2.24) is 20.5 Å². The Labute approximate surface area is 245 Å². The van der Waals surface area contributed by atoms with Crippen molar-refractivity contribution in [2.45, 2.75) is 25.6 Å². The van der Waals surface area contributed by atoms with Gasteiger partial charge in [-0.05, 0) is 55.0 Å². The van der Waals surface area contributed by atoms with Crippen molar-refractivity contribution in [3.05, 3.63) is 97.8 Å². The summed E-state index contributed by atoms with van der Waals surface area (Å²) in [6, 6.07) is 13.1. The minimum Gasteiger partial charge on any atom is -0.431 e. The SMILES string of the molecule is CCN(CCNC(=O)OC(c1cc(Cc2n[nH]c(=O)c3ccc(Br)cc23)ccc1F)C(F)(F)F)c1ccc(C#N)cn1. The second kappa shape index (κ2) is 13.0. The van der Waals surface area contributed by atoms with Gasteiger partial charge in [0.15, 0.2) is 0 Å². The van der Waals surface area contributed by atoms with E-state index in [0.717, 1.165) is 12.1 Å². The van der Waals surface area contributed by atoms with Crippen LogP contribution in [0.2, 0.25) is 0 Å². The zero-order chi connectivity index (χ0) is 30.4. The summed E-state index contributed by atoms with van der Waals surface area (Å²) >= 11 is 3.32. The van der Waals surface area contributed by atoms with E-state index in [9.17, 15) is 27.2 Å². The molecule has 2 heterocycles. The molecule has 218 valence electrons. The predicted octanol–water partition coefficient (Wildman–Crippen LogP) is 5.54. The molecule has 0 aliphatic rings. The number of hydrogen-bond acceptors (Lipinski definition) is 7. The van der Waals surface area contributed by atoms with Gasteiger partial charge in [0, 0.05) is 47.7 Å². The number of aromatic amines is 1. The molecule has 0 radical (unpaired) electrons. The van der Waals surface area contributed by atoms with Gasteiger partial charge in [0.05, 0.1) is 16.6 Å². The maximum Gasteiger partial charge on any atom is 0.430 e. The van der Waals surface area contributed by atoms with Crippen LogP contribution < -0.4 is 15.8 Å². The average molecular weight is 647 g/mol. The van der Waals surface area contributed by atoms with Gasteiger partial charge in [0.25, 0.3) is 5.56 Å². The number of fused-ring (bicyclic) bond motifs is 1. The van der Waals surface area contributed by atoms with Crippen molar-refractivity contribution < 1.29 is 27.1 Å². The monoisotopic (exact) mass is 646 g/mol. The molecule has 0 saturated heterocycles. The first kappa shape index (κ1) is 30.4. The molecular formula is C28H23BrF4N6O3. The number of rotatable bonds is 9. The highest BCUT2D eigenvalue weighted by molar-refractivity contribution is 9.10. The molecule has 2 N–H and O–H groups in total. The van der Waals surface area contributed by atoms with Crippen LogP contribution in [0.3, 0.4) is 0 Å². The summed E-state index contributed by atoms with van der Waals surface area (Å²) in [5, 5.41) is 18.4. The Balaban J connectivity index is 1.49. The number of likely N-dealkylation sites (N-methyl/N-ethyl adjacent to an activating group) is 1. The number of carbonyl (C=O) groups excluding carboxylic acids is 1. The minimum absolute atomic E-state index is 0.0377. The number of pyridine rings is 1.